The molecule has 2 amide bonds. The van der Waals surface area contributed by atoms with E-state index in [9.17, 15) is 22.4 Å². The van der Waals surface area contributed by atoms with E-state index in [1.165, 1.54) is 66.6 Å². The Morgan fingerprint density at radius 1 is 0.891 bits per heavy atom. The molecule has 0 radical (unpaired) electrons. The Balaban J connectivity index is 1.79. The van der Waals surface area contributed by atoms with Gasteiger partial charge in [0.2, 0.25) is 11.8 Å². The van der Waals surface area contributed by atoms with E-state index < -0.39 is 34.3 Å². The van der Waals surface area contributed by atoms with Gasteiger partial charge >= 0.3 is 0 Å². The predicted octanol–water partition coefficient (Wildman–Crippen LogP) is 6.10. The second-order valence-electron chi connectivity index (χ2n) is 11.2. The lowest BCUT2D eigenvalue weighted by Crippen LogP contribution is -2.53. The number of methoxy groups -OCH3 is 1. The molecule has 0 aliphatic heterocycles. The maximum Gasteiger partial charge on any atom is 0.264 e. The normalized spacial score (nSPS) is 12.0. The molecule has 0 aromatic heterocycles. The van der Waals surface area contributed by atoms with Crippen molar-refractivity contribution in [2.45, 2.75) is 37.8 Å². The van der Waals surface area contributed by atoms with E-state index in [2.05, 4.69) is 5.32 Å². The number of nitrogens with zero attached hydrogens (tertiary/aromatic N) is 2. The number of hydrogen-bond acceptors (Lipinski definition) is 5. The number of nitrogens with one attached hydrogen (secondary N) is 1. The SMILES string of the molecule is COc1ccc(S(=O)(=O)N(CC(=O)N(Cc2ccc(F)cc2)[C@@H](Cc2ccccc2)C(=O)NCC(C)C)c2cccc(Cl)c2)cc1. The first-order valence-corrected chi connectivity index (χ1v) is 16.6. The van der Waals surface area contributed by atoms with Gasteiger partial charge in [-0.2, -0.15) is 0 Å². The van der Waals surface area contributed by atoms with Gasteiger partial charge < -0.3 is 15.0 Å². The highest BCUT2D eigenvalue weighted by molar-refractivity contribution is 7.92. The largest absolute Gasteiger partial charge is 0.497 e. The fourth-order valence-corrected chi connectivity index (χ4v) is 6.39. The zero-order chi connectivity index (χ0) is 33.3. The molecule has 0 fully saturated rings. The number of carbonyl (C=O) groups is 2. The van der Waals surface area contributed by atoms with Crippen LogP contribution >= 0.6 is 11.6 Å². The second kappa shape index (κ2) is 15.7. The number of halogens is 2. The van der Waals surface area contributed by atoms with Crippen LogP contribution in [0.15, 0.2) is 108 Å². The van der Waals surface area contributed by atoms with E-state index in [0.717, 1.165) is 9.87 Å². The van der Waals surface area contributed by atoms with Gasteiger partial charge in [-0.05, 0) is 71.6 Å². The summed E-state index contributed by atoms with van der Waals surface area (Å²) in [7, 11) is -2.84. The van der Waals surface area contributed by atoms with Crippen molar-refractivity contribution in [3.63, 3.8) is 0 Å². The third-order valence-corrected chi connectivity index (χ3v) is 9.27. The van der Waals surface area contributed by atoms with Crippen LogP contribution in [-0.2, 0) is 32.6 Å². The summed E-state index contributed by atoms with van der Waals surface area (Å²) >= 11 is 6.27. The van der Waals surface area contributed by atoms with E-state index in [0.29, 0.717) is 17.9 Å². The molecule has 46 heavy (non-hydrogen) atoms. The van der Waals surface area contributed by atoms with Crippen LogP contribution < -0.4 is 14.4 Å². The summed E-state index contributed by atoms with van der Waals surface area (Å²) in [5.41, 5.74) is 1.54. The molecular formula is C35H37ClFN3O5S. The van der Waals surface area contributed by atoms with Crippen LogP contribution in [0.2, 0.25) is 5.02 Å². The van der Waals surface area contributed by atoms with Gasteiger partial charge in [0.1, 0.15) is 24.2 Å². The standard InChI is InChI=1S/C35H37ClFN3O5S/c1-25(2)22-38-35(42)33(20-26-8-5-4-6-9-26)39(23-27-12-14-29(37)15-13-27)34(41)24-40(30-11-7-10-28(36)21-30)46(43,44)32-18-16-31(45-3)17-19-32/h4-19,21,25,33H,20,22-24H2,1-3H3,(H,38,42)/t33-/m0/s1. The van der Waals surface area contributed by atoms with Gasteiger partial charge in [0.25, 0.3) is 10.0 Å². The van der Waals surface area contributed by atoms with E-state index in [1.807, 2.05) is 44.2 Å². The molecule has 242 valence electrons. The zero-order valence-corrected chi connectivity index (χ0v) is 27.5. The molecule has 0 aliphatic rings. The first-order chi connectivity index (χ1) is 22.0. The van der Waals surface area contributed by atoms with Gasteiger partial charge in [-0.3, -0.25) is 13.9 Å². The van der Waals surface area contributed by atoms with Crippen molar-refractivity contribution in [1.29, 1.82) is 0 Å². The summed E-state index contributed by atoms with van der Waals surface area (Å²) in [5, 5.41) is 3.21. The average Bonchev–Trinajstić information content (AvgIpc) is 3.05. The van der Waals surface area contributed by atoms with Crippen LogP contribution in [0.5, 0.6) is 5.75 Å². The van der Waals surface area contributed by atoms with Crippen LogP contribution in [0.3, 0.4) is 0 Å². The van der Waals surface area contributed by atoms with E-state index >= 15 is 0 Å². The molecule has 0 unspecified atom stereocenters. The summed E-state index contributed by atoms with van der Waals surface area (Å²) in [6, 6.07) is 25.8. The zero-order valence-electron chi connectivity index (χ0n) is 25.9. The van der Waals surface area contributed by atoms with Gasteiger partial charge in [0.15, 0.2) is 0 Å². The number of ether oxygens (including phenoxy) is 1. The minimum absolute atomic E-state index is 0.0679. The molecule has 0 saturated heterocycles. The van der Waals surface area contributed by atoms with Gasteiger partial charge in [0.05, 0.1) is 17.7 Å². The molecule has 11 heteroatoms. The van der Waals surface area contributed by atoms with Crippen molar-refractivity contribution in [1.82, 2.24) is 10.2 Å². The van der Waals surface area contributed by atoms with Crippen molar-refractivity contribution < 1.29 is 27.1 Å². The molecule has 0 bridgehead atoms. The van der Waals surface area contributed by atoms with Crippen LogP contribution in [-0.4, -0.2) is 51.4 Å². The average molecular weight is 666 g/mol. The Kier molecular flexibility index (Phi) is 11.8. The Morgan fingerprint density at radius 2 is 1.57 bits per heavy atom. The predicted molar refractivity (Wildman–Crippen MR) is 178 cm³/mol. The first-order valence-electron chi connectivity index (χ1n) is 14.8. The fourth-order valence-electron chi connectivity index (χ4n) is 4.80. The summed E-state index contributed by atoms with van der Waals surface area (Å²) < 4.78 is 48.2. The molecule has 4 aromatic carbocycles. The topological polar surface area (TPSA) is 96.0 Å². The molecule has 8 nitrogen and oxygen atoms in total. The summed E-state index contributed by atoms with van der Waals surface area (Å²) in [5.74, 6) is -0.862. The van der Waals surface area contributed by atoms with Crippen molar-refractivity contribution in [2.24, 2.45) is 5.92 Å². The monoisotopic (exact) mass is 665 g/mol. The van der Waals surface area contributed by atoms with Crippen molar-refractivity contribution in [2.75, 3.05) is 24.5 Å². The maximum absolute atomic E-state index is 14.4. The van der Waals surface area contributed by atoms with E-state index in [-0.39, 0.29) is 40.4 Å². The Labute approximate surface area is 274 Å². The highest BCUT2D eigenvalue weighted by atomic mass is 35.5. The summed E-state index contributed by atoms with van der Waals surface area (Å²) in [4.78, 5) is 29.5. The molecule has 4 rings (SSSR count). The third kappa shape index (κ3) is 9.08. The minimum Gasteiger partial charge on any atom is -0.497 e. The number of hydrogen-bond donors (Lipinski definition) is 1. The quantitative estimate of drug-likeness (QED) is 0.176. The van der Waals surface area contributed by atoms with E-state index in [4.69, 9.17) is 16.3 Å². The Hall–Kier alpha value is -4.41. The molecule has 0 saturated carbocycles. The molecule has 0 spiro atoms. The minimum atomic E-state index is -4.31. The van der Waals surface area contributed by atoms with Gasteiger partial charge in [0, 0.05) is 24.5 Å². The van der Waals surface area contributed by atoms with Crippen LogP contribution in [0.4, 0.5) is 10.1 Å². The van der Waals surface area contributed by atoms with Crippen LogP contribution in [0.1, 0.15) is 25.0 Å². The van der Waals surface area contributed by atoms with Crippen molar-refractivity contribution in [3.05, 3.63) is 125 Å². The molecule has 1 N–H and O–H groups in total. The van der Waals surface area contributed by atoms with Crippen molar-refractivity contribution in [3.8, 4) is 5.75 Å². The third-order valence-electron chi connectivity index (χ3n) is 7.24. The number of carbonyl (C=O) groups excluding carboxylic acids is 2. The van der Waals surface area contributed by atoms with Crippen LogP contribution in [0, 0.1) is 11.7 Å². The summed E-state index contributed by atoms with van der Waals surface area (Å²) in [6.45, 7) is 3.58. The fraction of sp³-hybridized carbons (Fsp3) is 0.257. The Bertz CT molecular complexity index is 1720. The lowest BCUT2D eigenvalue weighted by atomic mass is 10.0. The number of anilines is 1. The molecule has 4 aromatic rings. The molecule has 1 atom stereocenters. The molecule has 0 aliphatic carbocycles. The molecule has 0 heterocycles. The number of benzene rings is 4. The highest BCUT2D eigenvalue weighted by Crippen LogP contribution is 2.28. The summed E-state index contributed by atoms with van der Waals surface area (Å²) in [6.07, 6.45) is 0.167. The number of amides is 2. The van der Waals surface area contributed by atoms with Gasteiger partial charge in [-0.25, -0.2) is 12.8 Å². The number of rotatable bonds is 14. The lowest BCUT2D eigenvalue weighted by molar-refractivity contribution is -0.140. The molecular weight excluding hydrogens is 629 g/mol. The van der Waals surface area contributed by atoms with Crippen molar-refractivity contribution >= 4 is 39.1 Å². The Morgan fingerprint density at radius 3 is 2.17 bits per heavy atom. The second-order valence-corrected chi connectivity index (χ2v) is 13.5. The number of sulfonamides is 1. The first kappa shape index (κ1) is 34.5. The van der Waals surface area contributed by atoms with Gasteiger partial charge in [-0.1, -0.05) is 74.0 Å². The maximum atomic E-state index is 14.4. The van der Waals surface area contributed by atoms with Crippen LogP contribution in [0.25, 0.3) is 0 Å². The highest BCUT2D eigenvalue weighted by Gasteiger charge is 2.34. The van der Waals surface area contributed by atoms with E-state index in [1.54, 1.807) is 18.2 Å². The van der Waals surface area contributed by atoms with Gasteiger partial charge in [-0.15, -0.1) is 0 Å². The smallest absolute Gasteiger partial charge is 0.264 e. The lowest BCUT2D eigenvalue weighted by Gasteiger charge is -2.34.